The maximum absolute atomic E-state index is 6.88. The molecule has 0 amide bonds. The predicted octanol–water partition coefficient (Wildman–Crippen LogP) is 13.2. The van der Waals surface area contributed by atoms with Crippen molar-refractivity contribution in [1.82, 2.24) is 9.13 Å². The number of nitrogens with zero attached hydrogens (tertiary/aromatic N) is 2. The zero-order chi connectivity index (χ0) is 33.5. The fourth-order valence-electron chi connectivity index (χ4n) is 8.39. The zero-order valence-electron chi connectivity index (χ0n) is 27.6. The van der Waals surface area contributed by atoms with Crippen LogP contribution >= 0.6 is 0 Å². The Labute approximate surface area is 293 Å². The van der Waals surface area contributed by atoms with Gasteiger partial charge in [-0.2, -0.15) is 0 Å². The van der Waals surface area contributed by atoms with Crippen LogP contribution in [0.3, 0.4) is 0 Å². The van der Waals surface area contributed by atoms with Crippen LogP contribution in [0.15, 0.2) is 186 Å². The Balaban J connectivity index is 1.37. The van der Waals surface area contributed by atoms with Crippen molar-refractivity contribution in [2.75, 3.05) is 0 Å². The van der Waals surface area contributed by atoms with Gasteiger partial charge in [-0.1, -0.05) is 127 Å². The Morgan fingerprint density at radius 1 is 0.294 bits per heavy atom. The summed E-state index contributed by atoms with van der Waals surface area (Å²) in [5.41, 5.74) is 8.67. The Bertz CT molecular complexity index is 3250. The molecule has 0 aliphatic heterocycles. The molecule has 0 radical (unpaired) electrons. The lowest BCUT2D eigenvalue weighted by atomic mass is 9.99. The second-order valence-corrected chi connectivity index (χ2v) is 13.3. The number of fused-ring (bicyclic) bond motifs is 14. The minimum Gasteiger partial charge on any atom is -0.456 e. The van der Waals surface area contributed by atoms with Crippen molar-refractivity contribution < 1.29 is 4.42 Å². The molecule has 0 N–H and O–H groups in total. The summed E-state index contributed by atoms with van der Waals surface area (Å²) in [5, 5.41) is 11.7. The third kappa shape index (κ3) is 4.06. The molecule has 3 heteroatoms. The average molecular weight is 651 g/mol. The van der Waals surface area contributed by atoms with Crippen LogP contribution in [-0.4, -0.2) is 9.13 Å². The van der Waals surface area contributed by atoms with Gasteiger partial charge < -0.3 is 13.6 Å². The molecule has 3 nitrogen and oxygen atoms in total. The molecule has 0 aliphatic rings. The van der Waals surface area contributed by atoms with Gasteiger partial charge in [0.15, 0.2) is 0 Å². The lowest BCUT2D eigenvalue weighted by Crippen LogP contribution is -1.96. The van der Waals surface area contributed by atoms with Gasteiger partial charge in [0, 0.05) is 49.1 Å². The van der Waals surface area contributed by atoms with E-state index in [1.165, 1.54) is 48.9 Å². The van der Waals surface area contributed by atoms with E-state index in [1.807, 2.05) is 0 Å². The molecule has 0 spiro atoms. The maximum atomic E-state index is 6.88. The normalized spacial score (nSPS) is 11.9. The van der Waals surface area contributed by atoms with Crippen molar-refractivity contribution in [2.45, 2.75) is 0 Å². The summed E-state index contributed by atoms with van der Waals surface area (Å²) in [6.45, 7) is 0. The summed E-state index contributed by atoms with van der Waals surface area (Å²) in [4.78, 5) is 0. The fourth-order valence-corrected chi connectivity index (χ4v) is 8.39. The summed E-state index contributed by atoms with van der Waals surface area (Å²) in [5.74, 6) is 0. The van der Waals surface area contributed by atoms with Crippen LogP contribution in [0, 0.1) is 0 Å². The minimum atomic E-state index is 0.838. The number of benzene rings is 8. The van der Waals surface area contributed by atoms with Crippen molar-refractivity contribution in [3.05, 3.63) is 182 Å². The van der Waals surface area contributed by atoms with Crippen LogP contribution < -0.4 is 0 Å². The quantitative estimate of drug-likeness (QED) is 0.183. The molecule has 3 heterocycles. The topological polar surface area (TPSA) is 23.0 Å². The lowest BCUT2D eigenvalue weighted by molar-refractivity contribution is 0.663. The van der Waals surface area contributed by atoms with Crippen LogP contribution in [0.5, 0.6) is 0 Å². The van der Waals surface area contributed by atoms with E-state index in [9.17, 15) is 0 Å². The molecule has 0 saturated carbocycles. The lowest BCUT2D eigenvalue weighted by Gasteiger charge is -2.12. The molecule has 0 bridgehead atoms. The van der Waals surface area contributed by atoms with Crippen molar-refractivity contribution in [3.8, 4) is 11.4 Å². The smallest absolute Gasteiger partial charge is 0.135 e. The molecule has 51 heavy (non-hydrogen) atoms. The van der Waals surface area contributed by atoms with Gasteiger partial charge in [-0.25, -0.2) is 0 Å². The second kappa shape index (κ2) is 10.8. The van der Waals surface area contributed by atoms with Gasteiger partial charge in [0.1, 0.15) is 11.2 Å². The van der Waals surface area contributed by atoms with Crippen molar-refractivity contribution in [3.63, 3.8) is 0 Å². The van der Waals surface area contributed by atoms with Crippen LogP contribution in [0.2, 0.25) is 0 Å². The van der Waals surface area contributed by atoms with Gasteiger partial charge in [0.2, 0.25) is 0 Å². The Morgan fingerprint density at radius 3 is 1.55 bits per heavy atom. The molecule has 0 aliphatic carbocycles. The second-order valence-electron chi connectivity index (χ2n) is 13.3. The summed E-state index contributed by atoms with van der Waals surface area (Å²) in [6.07, 6.45) is 0. The highest BCUT2D eigenvalue weighted by Crippen LogP contribution is 2.42. The first-order valence-electron chi connectivity index (χ1n) is 17.4. The Kier molecular flexibility index (Phi) is 5.96. The molecular weight excluding hydrogens is 621 g/mol. The van der Waals surface area contributed by atoms with Gasteiger partial charge in [-0.3, -0.25) is 0 Å². The first-order chi connectivity index (χ1) is 25.3. The third-order valence-corrected chi connectivity index (χ3v) is 10.5. The van der Waals surface area contributed by atoms with E-state index in [0.717, 1.165) is 49.6 Å². The standard InChI is InChI=1S/C48H30N2O/c1-2-14-31(15-3-1)49-42-22-10-7-19-36(42)41-30-32(26-29-44(41)49)50-43-23-11-6-18-35(43)39-28-27-38-34-17-5-4-16-33(34)37-20-8-12-24-45(37)51-46-25-13-9-21-40(46)47(38)48(39)50/h1-30H. The molecule has 0 unspecified atom stereocenters. The van der Waals surface area contributed by atoms with Gasteiger partial charge in [0.05, 0.1) is 22.1 Å². The van der Waals surface area contributed by atoms with Crippen molar-refractivity contribution >= 4 is 87.1 Å². The molecule has 8 aromatic carbocycles. The molecule has 0 fully saturated rings. The fraction of sp³-hybridized carbons (Fsp3) is 0. The van der Waals surface area contributed by atoms with Gasteiger partial charge >= 0.3 is 0 Å². The monoisotopic (exact) mass is 650 g/mol. The van der Waals surface area contributed by atoms with E-state index in [2.05, 4.69) is 191 Å². The van der Waals surface area contributed by atoms with Crippen LogP contribution in [-0.2, 0) is 0 Å². The minimum absolute atomic E-state index is 0.838. The highest BCUT2D eigenvalue weighted by molar-refractivity contribution is 6.29. The van der Waals surface area contributed by atoms with E-state index >= 15 is 0 Å². The molecule has 11 aromatic rings. The highest BCUT2D eigenvalue weighted by atomic mass is 16.3. The summed E-state index contributed by atoms with van der Waals surface area (Å²) >= 11 is 0. The van der Waals surface area contributed by atoms with Crippen LogP contribution in [0.25, 0.3) is 98.5 Å². The average Bonchev–Trinajstić information content (AvgIpc) is 3.72. The molecule has 0 saturated heterocycles. The van der Waals surface area contributed by atoms with Crippen molar-refractivity contribution in [2.24, 2.45) is 0 Å². The third-order valence-electron chi connectivity index (χ3n) is 10.5. The number of aromatic nitrogens is 2. The molecule has 11 rings (SSSR count). The first-order valence-corrected chi connectivity index (χ1v) is 17.4. The van der Waals surface area contributed by atoms with Gasteiger partial charge in [0.25, 0.3) is 0 Å². The molecule has 3 aromatic heterocycles. The van der Waals surface area contributed by atoms with Crippen LogP contribution in [0.4, 0.5) is 0 Å². The van der Waals surface area contributed by atoms with E-state index in [-0.39, 0.29) is 0 Å². The summed E-state index contributed by atoms with van der Waals surface area (Å²) in [6, 6.07) is 65.4. The van der Waals surface area contributed by atoms with Crippen LogP contribution in [0.1, 0.15) is 0 Å². The van der Waals surface area contributed by atoms with Gasteiger partial charge in [-0.05, 0) is 70.8 Å². The largest absolute Gasteiger partial charge is 0.456 e. The van der Waals surface area contributed by atoms with Crippen molar-refractivity contribution in [1.29, 1.82) is 0 Å². The summed E-state index contributed by atoms with van der Waals surface area (Å²) in [7, 11) is 0. The molecule has 238 valence electrons. The van der Waals surface area contributed by atoms with E-state index in [1.54, 1.807) is 0 Å². The van der Waals surface area contributed by atoms with E-state index in [4.69, 9.17) is 4.42 Å². The highest BCUT2D eigenvalue weighted by Gasteiger charge is 2.19. The van der Waals surface area contributed by atoms with E-state index in [0.29, 0.717) is 0 Å². The summed E-state index contributed by atoms with van der Waals surface area (Å²) < 4.78 is 11.7. The SMILES string of the molecule is c1ccc(-n2c3ccccc3c3cc(-n4c5ccccc5c5ccc6c7ccccc7c7ccccc7oc7ccccc7c6c54)ccc32)cc1. The first kappa shape index (κ1) is 28.0. The number of para-hydroxylation sites is 5. The number of rotatable bonds is 2. The van der Waals surface area contributed by atoms with E-state index < -0.39 is 0 Å². The molecule has 0 atom stereocenters. The maximum Gasteiger partial charge on any atom is 0.135 e. The van der Waals surface area contributed by atoms with Gasteiger partial charge in [-0.15, -0.1) is 0 Å². The zero-order valence-corrected chi connectivity index (χ0v) is 27.6. The predicted molar refractivity (Wildman–Crippen MR) is 215 cm³/mol. The molecular formula is C48H30N2O. The number of hydrogen-bond donors (Lipinski definition) is 0. The Hall–Kier alpha value is -6.84. The Morgan fingerprint density at radius 2 is 0.804 bits per heavy atom. The number of hydrogen-bond acceptors (Lipinski definition) is 1.